The third-order valence-electron chi connectivity index (χ3n) is 19.0. The number of rotatable bonds is 24. The van der Waals surface area contributed by atoms with Gasteiger partial charge in [-0.25, -0.2) is 27.3 Å². The molecule has 2 atom stereocenters. The number of piperidine rings is 1. The van der Waals surface area contributed by atoms with E-state index in [-0.39, 0.29) is 46.2 Å². The Bertz CT molecular complexity index is 4420. The van der Waals surface area contributed by atoms with Gasteiger partial charge in [-0.1, -0.05) is 80.0 Å². The molecule has 0 bridgehead atoms. The second-order valence-corrected chi connectivity index (χ2v) is 28.2. The van der Waals surface area contributed by atoms with E-state index in [4.69, 9.17) is 5.73 Å². The van der Waals surface area contributed by atoms with E-state index in [2.05, 4.69) is 75.3 Å². The lowest BCUT2D eigenvalue weighted by atomic mass is 9.80. The van der Waals surface area contributed by atoms with Gasteiger partial charge in [0.15, 0.2) is 23.2 Å². The number of allylic oxidation sites excluding steroid dienone is 12. The molecule has 5 aliphatic rings. The van der Waals surface area contributed by atoms with Gasteiger partial charge in [-0.05, 0) is 151 Å². The average molecular weight is 1320 g/mol. The molecule has 19 nitrogen and oxygen atoms in total. The molecule has 6 N–H and O–H groups in total. The first kappa shape index (κ1) is 70.3. The van der Waals surface area contributed by atoms with Crippen molar-refractivity contribution in [1.82, 2.24) is 9.80 Å². The molecule has 9 rings (SSSR count). The van der Waals surface area contributed by atoms with Crippen molar-refractivity contribution in [3.05, 3.63) is 226 Å². The van der Waals surface area contributed by atoms with Crippen LogP contribution in [0.3, 0.4) is 0 Å². The number of nitrogens with one attached hydrogen (secondary N) is 1. The predicted molar refractivity (Wildman–Crippen MR) is 362 cm³/mol. The van der Waals surface area contributed by atoms with Gasteiger partial charge in [0.2, 0.25) is 17.3 Å². The van der Waals surface area contributed by atoms with Crippen LogP contribution in [0.25, 0.3) is 0 Å². The highest BCUT2D eigenvalue weighted by Gasteiger charge is 2.60. The molecular formula is C74H79N6O13S2+. The van der Waals surface area contributed by atoms with Crippen molar-refractivity contribution in [1.29, 1.82) is 0 Å². The number of unbranched alkanes of at least 4 members (excludes halogenated alkanes) is 2. The van der Waals surface area contributed by atoms with Gasteiger partial charge in [0.05, 0.1) is 45.4 Å². The summed E-state index contributed by atoms with van der Waals surface area (Å²) < 4.78 is 45.1. The molecule has 0 saturated carbocycles. The Morgan fingerprint density at radius 3 is 2.11 bits per heavy atom. The van der Waals surface area contributed by atoms with Crippen LogP contribution in [-0.2, 0) is 73.4 Å². The average Bonchev–Trinajstić information content (AvgIpc) is 1.56. The molecule has 4 aromatic rings. The maximum atomic E-state index is 13.6. The summed E-state index contributed by atoms with van der Waals surface area (Å²) in [6.45, 7) is 24.9. The Kier molecular flexibility index (Phi) is 20.8. The van der Waals surface area contributed by atoms with E-state index in [1.54, 1.807) is 33.8 Å². The molecule has 1 amide bonds. The summed E-state index contributed by atoms with van der Waals surface area (Å²) in [4.78, 5) is 54.1. The number of aliphatic carboxylic acids is 3. The highest BCUT2D eigenvalue weighted by atomic mass is 32.2. The molecule has 0 aliphatic carbocycles. The molecule has 0 aromatic heterocycles. The third-order valence-corrected chi connectivity index (χ3v) is 20.4. The molecular weight excluding hydrogens is 1240 g/mol. The molecule has 1 spiro atoms. The van der Waals surface area contributed by atoms with Crippen molar-refractivity contribution in [2.45, 2.75) is 151 Å². The highest BCUT2D eigenvalue weighted by Crippen LogP contribution is 2.57. The van der Waals surface area contributed by atoms with Gasteiger partial charge in [-0.3, -0.25) is 14.7 Å². The number of anilines is 1. The fourth-order valence-corrected chi connectivity index (χ4v) is 15.2. The number of carboxylic acid groups (broad SMARTS) is 3. The Balaban J connectivity index is 0.890. The maximum absolute atomic E-state index is 13.6. The van der Waals surface area contributed by atoms with Gasteiger partial charge in [0.25, 0.3) is 0 Å². The third kappa shape index (κ3) is 13.5. The van der Waals surface area contributed by atoms with E-state index in [0.717, 1.165) is 82.6 Å². The fourth-order valence-electron chi connectivity index (χ4n) is 14.3. The van der Waals surface area contributed by atoms with Crippen LogP contribution in [0.5, 0.6) is 0 Å². The first-order valence-corrected chi connectivity index (χ1v) is 33.4. The monoisotopic (exact) mass is 1320 g/mol. The summed E-state index contributed by atoms with van der Waals surface area (Å²) in [5, 5.41) is 49.0. The molecule has 5 aliphatic heterocycles. The number of carbonyl (C=O) groups excluding carboxylic acids is 1. The summed E-state index contributed by atoms with van der Waals surface area (Å²) in [7, 11) is -4.76. The number of carbonyl (C=O) groups is 4. The van der Waals surface area contributed by atoms with E-state index in [0.29, 0.717) is 64.9 Å². The number of fused-ring (bicyclic) bond motifs is 5. The van der Waals surface area contributed by atoms with Crippen LogP contribution in [0.2, 0.25) is 0 Å². The number of nitrogens with zero attached hydrogens (tertiary/aromatic N) is 4. The lowest BCUT2D eigenvalue weighted by Crippen LogP contribution is -2.61. The molecule has 0 radical (unpaired) electrons. The minimum atomic E-state index is -4.76. The zero-order chi connectivity index (χ0) is 69.0. The Hall–Kier alpha value is -9.00. The van der Waals surface area contributed by atoms with Crippen molar-refractivity contribution in [2.75, 3.05) is 18.0 Å². The molecule has 4 aromatic carbocycles. The maximum Gasteiger partial charge on any atom is 0.411 e. The fraction of sp³-hybridized carbons (Fsp3) is 0.324. The second kappa shape index (κ2) is 28.1. The Labute approximate surface area is 558 Å². The van der Waals surface area contributed by atoms with Gasteiger partial charge >= 0.3 is 23.6 Å². The van der Waals surface area contributed by atoms with E-state index < -0.39 is 55.7 Å². The highest BCUT2D eigenvalue weighted by molar-refractivity contribution is 7.94. The number of carboxylic acids is 3. The SMILES string of the molecule is C=C=C=C(C(=O)O)N1/C(=C/C=C/C2=[N+](C(=C=C=C)C(=O)O)c3ccc(CNC(=O)CCCCC[N+]4=C(/C=C/C=C/C=C/C=C5\C(C)(C)c6cc(S(=O)(=O)[O-])ccc6[N+]56CCCCC6C(=O)O)C(C)(C)c5cc(SOO[O-])ccc54)cc3C2(C)C)C(C)(C)c2cc(CN)ccc21. The summed E-state index contributed by atoms with van der Waals surface area (Å²) in [6.07, 6.45) is 23.1. The van der Waals surface area contributed by atoms with Crippen molar-refractivity contribution < 1.29 is 71.2 Å². The molecule has 494 valence electrons. The number of amides is 1. The molecule has 2 unspecified atom stereocenters. The van der Waals surface area contributed by atoms with Crippen molar-refractivity contribution in [2.24, 2.45) is 5.73 Å². The molecule has 1 saturated heterocycles. The van der Waals surface area contributed by atoms with Gasteiger partial charge in [-0.2, -0.15) is 8.91 Å². The second-order valence-electron chi connectivity index (χ2n) is 26.1. The van der Waals surface area contributed by atoms with Crippen LogP contribution >= 0.6 is 12.0 Å². The van der Waals surface area contributed by atoms with Crippen LogP contribution in [0.1, 0.15) is 134 Å². The molecule has 5 heterocycles. The number of hydrogen-bond donors (Lipinski definition) is 5. The van der Waals surface area contributed by atoms with E-state index in [1.165, 1.54) is 12.1 Å². The first-order chi connectivity index (χ1) is 45.0. The smallest absolute Gasteiger partial charge is 0.411 e. The summed E-state index contributed by atoms with van der Waals surface area (Å²) in [5.74, 6) is -3.57. The molecule has 21 heteroatoms. The molecule has 1 fully saturated rings. The molecule has 95 heavy (non-hydrogen) atoms. The van der Waals surface area contributed by atoms with Crippen LogP contribution in [0, 0.1) is 0 Å². The van der Waals surface area contributed by atoms with Crippen LogP contribution in [0.15, 0.2) is 202 Å². The van der Waals surface area contributed by atoms with E-state index >= 15 is 0 Å². The topological polar surface area (TPSA) is 275 Å². The van der Waals surface area contributed by atoms with Crippen LogP contribution in [0.4, 0.5) is 22.7 Å². The Morgan fingerprint density at radius 2 is 1.42 bits per heavy atom. The lowest BCUT2D eigenvalue weighted by Gasteiger charge is -2.44. The zero-order valence-corrected chi connectivity index (χ0v) is 56.2. The van der Waals surface area contributed by atoms with Crippen molar-refractivity contribution in [3.8, 4) is 0 Å². The van der Waals surface area contributed by atoms with Gasteiger partial charge in [0, 0.05) is 101 Å². The Morgan fingerprint density at radius 1 is 0.747 bits per heavy atom. The number of nitrogens with two attached hydrogens (primary N) is 1. The summed E-state index contributed by atoms with van der Waals surface area (Å²) in [6, 6.07) is 20.6. The van der Waals surface area contributed by atoms with Gasteiger partial charge in [-0.15, -0.1) is 4.58 Å². The minimum absolute atomic E-state index is 0.0479. The number of hydrogen-bond acceptors (Lipinski definition) is 13. The summed E-state index contributed by atoms with van der Waals surface area (Å²) >= 11 is 0.816. The first-order valence-electron chi connectivity index (χ1n) is 31.3. The van der Waals surface area contributed by atoms with Gasteiger partial charge < -0.3 is 36.2 Å². The van der Waals surface area contributed by atoms with Crippen LogP contribution < -0.4 is 25.7 Å². The standard InChI is InChI=1S/C74H78N6O13S2/c1-11-24-59(68(82)83)78-57-36-32-48(46-75)42-52(57)72(5,6)64(78)28-23-29-65-73(7,8)53-43-49(33-37-58(53)79(65)60(25-12-2)69(84)85)47-76-67(81)31-19-16-21-40-77-56-38-34-50(94-93-92-88)44-54(56)71(3,4)63(77)27-17-14-13-15-18-30-66-74(9,10)55-45-51(95(89,90)91)35-39-61(55)80(66)41-22-20-26-62(80)70(86)87/h13-15,17-18,23,27-30,32-39,42-45,62H,1-2,16,19-22,26,31,40-41,46-47,75H2,3-10H3,(H3-3,76,81,82,83,84,85,86,87,88,89,90,91)/p+1/b14-13+,18-15+,27-17+,66-30+. The van der Waals surface area contributed by atoms with Crippen molar-refractivity contribution in [3.63, 3.8) is 0 Å². The predicted octanol–water partition coefficient (Wildman–Crippen LogP) is 11.5. The van der Waals surface area contributed by atoms with Crippen molar-refractivity contribution >= 4 is 80.1 Å². The normalized spacial score (nSPS) is 20.3. The van der Waals surface area contributed by atoms with Crippen LogP contribution in [-0.4, -0.2) is 91.8 Å². The van der Waals surface area contributed by atoms with E-state index in [9.17, 15) is 52.7 Å². The largest absolute Gasteiger partial charge is 0.744 e. The quantitative estimate of drug-likeness (QED) is 0.00417. The van der Waals surface area contributed by atoms with Gasteiger partial charge in [0.1, 0.15) is 28.0 Å². The lowest BCUT2D eigenvalue weighted by molar-refractivity contribution is -0.777. The van der Waals surface area contributed by atoms with E-state index in [1.807, 2.05) is 133 Å². The number of quaternary nitrogens is 1. The summed E-state index contributed by atoms with van der Waals surface area (Å²) in [5.41, 5.74) is 24.0. The number of benzene rings is 4. The minimum Gasteiger partial charge on any atom is -0.744 e. The zero-order valence-electron chi connectivity index (χ0n) is 54.6.